The Morgan fingerprint density at radius 3 is 2.84 bits per heavy atom. The average molecular weight is 610 g/mol. The van der Waals surface area contributed by atoms with Crippen LogP contribution in [0.2, 0.25) is 0 Å². The molecule has 1 fully saturated rings. The number of likely N-dealkylation sites (N-methyl/N-ethyl adjacent to an activating group) is 2. The molecule has 9 heteroatoms. The van der Waals surface area contributed by atoms with E-state index in [9.17, 15) is 4.79 Å². The monoisotopic (exact) mass is 609 g/mol. The van der Waals surface area contributed by atoms with Gasteiger partial charge in [-0.05, 0) is 94.7 Å². The van der Waals surface area contributed by atoms with Crippen molar-refractivity contribution >= 4 is 23.2 Å². The summed E-state index contributed by atoms with van der Waals surface area (Å²) in [6.45, 7) is 5.62. The first-order valence-corrected chi connectivity index (χ1v) is 16.1. The number of carbonyl (C=O) groups is 1. The van der Waals surface area contributed by atoms with E-state index in [0.717, 1.165) is 93.3 Å². The Hall–Kier alpha value is -4.21. The molecule has 0 spiro atoms. The fourth-order valence-corrected chi connectivity index (χ4v) is 5.74. The van der Waals surface area contributed by atoms with Crippen molar-refractivity contribution in [3.05, 3.63) is 84.6 Å². The van der Waals surface area contributed by atoms with Crippen LogP contribution in [0.25, 0.3) is 11.3 Å². The number of hydrogen-bond donors (Lipinski definition) is 2. The van der Waals surface area contributed by atoms with E-state index in [-0.39, 0.29) is 5.91 Å². The van der Waals surface area contributed by atoms with Gasteiger partial charge < -0.3 is 25.2 Å². The average Bonchev–Trinajstić information content (AvgIpc) is 3.02. The van der Waals surface area contributed by atoms with E-state index in [0.29, 0.717) is 18.5 Å². The number of hydrogen-bond acceptors (Lipinski definition) is 8. The Morgan fingerprint density at radius 1 is 1.13 bits per heavy atom. The van der Waals surface area contributed by atoms with Gasteiger partial charge in [0.05, 0.1) is 12.3 Å². The van der Waals surface area contributed by atoms with Crippen LogP contribution in [0.1, 0.15) is 31.2 Å². The molecule has 0 saturated carbocycles. The number of amides is 1. The van der Waals surface area contributed by atoms with Crippen LogP contribution in [0.5, 0.6) is 5.75 Å². The van der Waals surface area contributed by atoms with Gasteiger partial charge in [-0.15, -0.1) is 0 Å². The Labute approximate surface area is 268 Å². The number of fused-ring (bicyclic) bond motifs is 7. The van der Waals surface area contributed by atoms with Crippen LogP contribution in [0, 0.1) is 5.92 Å². The fraction of sp³-hybridized carbons (Fsp3) is 0.417. The third-order valence-corrected chi connectivity index (χ3v) is 8.16. The van der Waals surface area contributed by atoms with Crippen LogP contribution in [0.4, 0.5) is 17.3 Å². The predicted octanol–water partition coefficient (Wildman–Crippen LogP) is 5.82. The Morgan fingerprint density at radius 2 is 2.00 bits per heavy atom. The van der Waals surface area contributed by atoms with Crippen molar-refractivity contribution < 1.29 is 9.53 Å². The molecule has 0 unspecified atom stereocenters. The lowest BCUT2D eigenvalue weighted by Gasteiger charge is -2.31. The number of rotatable bonds is 7. The Kier molecular flexibility index (Phi) is 11.6. The molecule has 45 heavy (non-hydrogen) atoms. The lowest BCUT2D eigenvalue weighted by Crippen LogP contribution is -2.38. The molecule has 6 bridgehead atoms. The molecule has 3 aromatic rings. The van der Waals surface area contributed by atoms with Gasteiger partial charge >= 0.3 is 0 Å². The smallest absolute Gasteiger partial charge is 0.246 e. The van der Waals surface area contributed by atoms with Gasteiger partial charge in [-0.1, -0.05) is 30.4 Å². The van der Waals surface area contributed by atoms with E-state index in [1.54, 1.807) is 12.3 Å². The quantitative estimate of drug-likeness (QED) is 0.256. The summed E-state index contributed by atoms with van der Waals surface area (Å²) in [7, 11) is 6.15. The first-order valence-electron chi connectivity index (χ1n) is 16.1. The van der Waals surface area contributed by atoms with Gasteiger partial charge in [0.15, 0.2) is 0 Å². The third-order valence-electron chi connectivity index (χ3n) is 8.16. The number of anilines is 3. The van der Waals surface area contributed by atoms with Crippen molar-refractivity contribution in [3.63, 3.8) is 0 Å². The largest absolute Gasteiger partial charge is 0.493 e. The SMILES string of the molecule is CN(C)C/C=C/C(=O)N1CCC(CCNc2cc3cc(c2)Nc2nccc(n2)-c2cccc(c2)OCC/C=C/CN(C)C3)CC1. The molecule has 1 amide bonds. The molecule has 2 N–H and O–H groups in total. The number of piperidine rings is 1. The van der Waals surface area contributed by atoms with Crippen LogP contribution in [0.3, 0.4) is 0 Å². The Bertz CT molecular complexity index is 1460. The second-order valence-electron chi connectivity index (χ2n) is 12.3. The number of benzene rings is 2. The van der Waals surface area contributed by atoms with Crippen molar-refractivity contribution in [2.75, 3.05) is 71.1 Å². The van der Waals surface area contributed by atoms with Crippen molar-refractivity contribution in [1.29, 1.82) is 0 Å². The minimum atomic E-state index is 0.131. The summed E-state index contributed by atoms with van der Waals surface area (Å²) in [6, 6.07) is 16.5. The Balaban J connectivity index is 1.24. The van der Waals surface area contributed by atoms with Gasteiger partial charge in [-0.2, -0.15) is 0 Å². The van der Waals surface area contributed by atoms with E-state index in [1.165, 1.54) is 5.56 Å². The number of nitrogens with zero attached hydrogens (tertiary/aromatic N) is 5. The van der Waals surface area contributed by atoms with Crippen LogP contribution in [-0.2, 0) is 11.3 Å². The number of nitrogens with one attached hydrogen (secondary N) is 2. The summed E-state index contributed by atoms with van der Waals surface area (Å²) in [4.78, 5) is 28.2. The zero-order chi connectivity index (χ0) is 31.4. The number of likely N-dealkylation sites (tertiary alicyclic amines) is 1. The van der Waals surface area contributed by atoms with Gasteiger partial charge in [-0.3, -0.25) is 9.69 Å². The van der Waals surface area contributed by atoms with Crippen LogP contribution < -0.4 is 15.4 Å². The van der Waals surface area contributed by atoms with Gasteiger partial charge in [0.25, 0.3) is 0 Å². The highest BCUT2D eigenvalue weighted by atomic mass is 16.5. The first-order chi connectivity index (χ1) is 21.9. The normalized spacial score (nSPS) is 17.3. The molecule has 9 nitrogen and oxygen atoms in total. The first kappa shape index (κ1) is 32.2. The lowest BCUT2D eigenvalue weighted by molar-refractivity contribution is -0.127. The summed E-state index contributed by atoms with van der Waals surface area (Å²) in [5.41, 5.74) is 5.06. The molecular formula is C36H47N7O2. The van der Waals surface area contributed by atoms with Crippen molar-refractivity contribution in [1.82, 2.24) is 24.7 Å². The maximum absolute atomic E-state index is 12.5. The second kappa shape index (κ2) is 16.2. The van der Waals surface area contributed by atoms with E-state index in [4.69, 9.17) is 9.72 Å². The van der Waals surface area contributed by atoms with Crippen molar-refractivity contribution in [2.24, 2.45) is 5.92 Å². The molecule has 2 aliphatic rings. The summed E-state index contributed by atoms with van der Waals surface area (Å²) in [5.74, 6) is 2.13. The van der Waals surface area contributed by atoms with Crippen LogP contribution in [0.15, 0.2) is 79.0 Å². The molecule has 2 aromatic carbocycles. The molecule has 2 aliphatic heterocycles. The molecule has 0 radical (unpaired) electrons. The highest BCUT2D eigenvalue weighted by Crippen LogP contribution is 2.27. The zero-order valence-corrected chi connectivity index (χ0v) is 26.9. The van der Waals surface area contributed by atoms with Gasteiger partial charge in [0.1, 0.15) is 5.75 Å². The molecular weight excluding hydrogens is 562 g/mol. The summed E-state index contributed by atoms with van der Waals surface area (Å²) in [5, 5.41) is 7.14. The highest BCUT2D eigenvalue weighted by Gasteiger charge is 2.21. The maximum Gasteiger partial charge on any atom is 0.246 e. The van der Waals surface area contributed by atoms with Crippen molar-refractivity contribution in [2.45, 2.75) is 32.2 Å². The zero-order valence-electron chi connectivity index (χ0n) is 26.9. The van der Waals surface area contributed by atoms with Gasteiger partial charge in [-0.25, -0.2) is 9.97 Å². The molecule has 1 aromatic heterocycles. The van der Waals surface area contributed by atoms with E-state index < -0.39 is 0 Å². The van der Waals surface area contributed by atoms with Crippen LogP contribution >= 0.6 is 0 Å². The lowest BCUT2D eigenvalue weighted by atomic mass is 9.93. The van der Waals surface area contributed by atoms with Crippen LogP contribution in [-0.4, -0.2) is 91.0 Å². The molecule has 0 aliphatic carbocycles. The van der Waals surface area contributed by atoms with E-state index >= 15 is 0 Å². The number of aromatic nitrogens is 2. The summed E-state index contributed by atoms with van der Waals surface area (Å²) >= 11 is 0. The number of carbonyl (C=O) groups excluding carboxylic acids is 1. The van der Waals surface area contributed by atoms with E-state index in [1.807, 2.05) is 55.4 Å². The molecule has 1 saturated heterocycles. The molecule has 0 atom stereocenters. The van der Waals surface area contributed by atoms with Gasteiger partial charge in [0, 0.05) is 68.5 Å². The maximum atomic E-state index is 12.5. The molecule has 5 rings (SSSR count). The highest BCUT2D eigenvalue weighted by molar-refractivity contribution is 5.87. The minimum absolute atomic E-state index is 0.131. The summed E-state index contributed by atoms with van der Waals surface area (Å²) < 4.78 is 5.99. The second-order valence-corrected chi connectivity index (χ2v) is 12.3. The molecule has 238 valence electrons. The topological polar surface area (TPSA) is 85.9 Å². The third kappa shape index (κ3) is 10.2. The minimum Gasteiger partial charge on any atom is -0.493 e. The number of ether oxygens (including phenoxy) is 1. The molecule has 3 heterocycles. The van der Waals surface area contributed by atoms with Crippen molar-refractivity contribution in [3.8, 4) is 17.0 Å². The summed E-state index contributed by atoms with van der Waals surface area (Å²) in [6.07, 6.45) is 13.9. The standard InChI is InChI=1S/C36H47N7O2/c1-41(2)18-8-11-35(44)43-20-14-28(15-21-43)12-16-37-31-23-29-24-32(26-31)39-36-38-17-13-34(40-36)30-9-7-10-33(25-30)45-22-6-4-5-19-42(3)27-29/h4-5,7-11,13,17,23-26,28,37H,6,12,14-16,18-22,27H2,1-3H3,(H,38,39,40)/b5-4+,11-8+. The van der Waals surface area contributed by atoms with Gasteiger partial charge in [0.2, 0.25) is 11.9 Å². The predicted molar refractivity (Wildman–Crippen MR) is 183 cm³/mol. The van der Waals surface area contributed by atoms with E-state index in [2.05, 4.69) is 62.8 Å². The fourth-order valence-electron chi connectivity index (χ4n) is 5.74.